The number of aromatic carboxylic acids is 1. The number of pyridine rings is 1. The lowest BCUT2D eigenvalue weighted by Gasteiger charge is -2.28. The van der Waals surface area contributed by atoms with Crippen LogP contribution in [0.2, 0.25) is 5.02 Å². The van der Waals surface area contributed by atoms with Gasteiger partial charge in [-0.3, -0.25) is 0 Å². The van der Waals surface area contributed by atoms with Gasteiger partial charge in [-0.15, -0.1) is 0 Å². The van der Waals surface area contributed by atoms with E-state index in [-0.39, 0.29) is 11.7 Å². The number of carboxylic acid groups (broad SMARTS) is 1. The second kappa shape index (κ2) is 11.3. The van der Waals surface area contributed by atoms with Crippen molar-refractivity contribution < 1.29 is 23.8 Å². The van der Waals surface area contributed by atoms with E-state index in [1.54, 1.807) is 18.4 Å². The molecule has 2 atom stereocenters. The predicted molar refractivity (Wildman–Crippen MR) is 160 cm³/mol. The van der Waals surface area contributed by atoms with E-state index in [0.29, 0.717) is 30.0 Å². The highest BCUT2D eigenvalue weighted by Gasteiger charge is 2.25. The lowest BCUT2D eigenvalue weighted by molar-refractivity contribution is -0.0590. The Morgan fingerprint density at radius 1 is 1.12 bits per heavy atom. The number of imidazole rings is 1. The van der Waals surface area contributed by atoms with Gasteiger partial charge in [-0.25, -0.2) is 14.8 Å². The van der Waals surface area contributed by atoms with Gasteiger partial charge in [0.25, 0.3) is 0 Å². The van der Waals surface area contributed by atoms with Gasteiger partial charge >= 0.3 is 5.97 Å². The number of allylic oxidation sites excluding steroid dienone is 2. The largest absolute Gasteiger partial charge is 0.478 e. The average molecular weight is 584 g/mol. The Bertz CT molecular complexity index is 1820. The van der Waals surface area contributed by atoms with Crippen LogP contribution in [0.1, 0.15) is 53.1 Å². The van der Waals surface area contributed by atoms with Crippen LogP contribution in [0.3, 0.4) is 0 Å². The van der Waals surface area contributed by atoms with Crippen LogP contribution in [0.15, 0.2) is 71.4 Å². The Kier molecular flexibility index (Phi) is 7.17. The van der Waals surface area contributed by atoms with Crippen molar-refractivity contribution >= 4 is 45.1 Å². The quantitative estimate of drug-likeness (QED) is 0.194. The fourth-order valence-electron chi connectivity index (χ4n) is 5.89. The fraction of sp³-hybridized carbons (Fsp3) is 0.303. The Morgan fingerprint density at radius 2 is 2.02 bits per heavy atom. The molecule has 42 heavy (non-hydrogen) atoms. The number of ether oxygens (including phenoxy) is 2. The third-order valence-electron chi connectivity index (χ3n) is 8.32. The fourth-order valence-corrected chi connectivity index (χ4v) is 6.10. The summed E-state index contributed by atoms with van der Waals surface area (Å²) in [5, 5.41) is 11.0. The van der Waals surface area contributed by atoms with Crippen LogP contribution >= 0.6 is 11.6 Å². The highest BCUT2D eigenvalue weighted by Crippen LogP contribution is 2.34. The van der Waals surface area contributed by atoms with E-state index in [1.165, 1.54) is 5.57 Å². The van der Waals surface area contributed by atoms with Gasteiger partial charge in [0.15, 0.2) is 0 Å². The zero-order chi connectivity index (χ0) is 28.6. The molecule has 2 aliphatic rings. The first-order valence-electron chi connectivity index (χ1n) is 14.3. The molecule has 3 aromatic heterocycles. The predicted octanol–water partition coefficient (Wildman–Crippen LogP) is 7.32. The van der Waals surface area contributed by atoms with E-state index in [4.69, 9.17) is 35.5 Å². The minimum absolute atomic E-state index is 0.151. The smallest absolute Gasteiger partial charge is 0.335 e. The molecule has 4 heterocycles. The molecule has 0 spiro atoms. The van der Waals surface area contributed by atoms with Crippen molar-refractivity contribution in [3.05, 3.63) is 94.6 Å². The van der Waals surface area contributed by atoms with Gasteiger partial charge in [-0.05, 0) is 73.6 Å². The molecule has 8 nitrogen and oxygen atoms in total. The summed E-state index contributed by atoms with van der Waals surface area (Å²) in [6, 6.07) is 16.7. The van der Waals surface area contributed by atoms with Crippen LogP contribution in [0.5, 0.6) is 5.88 Å². The number of hydrogen-bond donors (Lipinski definition) is 1. The van der Waals surface area contributed by atoms with E-state index in [2.05, 4.69) is 10.6 Å². The van der Waals surface area contributed by atoms with Gasteiger partial charge in [-0.2, -0.15) is 0 Å². The molecule has 1 aliphatic carbocycles. The molecular weight excluding hydrogens is 554 g/mol. The number of carboxylic acids is 1. The summed E-state index contributed by atoms with van der Waals surface area (Å²) in [6.45, 7) is 1.80. The maximum Gasteiger partial charge on any atom is 0.335 e. The van der Waals surface area contributed by atoms with Crippen LogP contribution in [-0.2, 0) is 24.3 Å². The number of furan rings is 1. The van der Waals surface area contributed by atoms with Crippen LogP contribution in [0, 0.1) is 5.92 Å². The van der Waals surface area contributed by atoms with Gasteiger partial charge in [0.05, 0.1) is 46.2 Å². The first-order valence-corrected chi connectivity index (χ1v) is 14.7. The third kappa shape index (κ3) is 5.28. The van der Waals surface area contributed by atoms with Gasteiger partial charge in [0.1, 0.15) is 18.0 Å². The molecule has 7 rings (SSSR count). The van der Waals surface area contributed by atoms with Crippen LogP contribution in [0.4, 0.5) is 0 Å². The molecule has 9 heteroatoms. The van der Waals surface area contributed by atoms with E-state index < -0.39 is 5.97 Å². The highest BCUT2D eigenvalue weighted by molar-refractivity contribution is 6.35. The van der Waals surface area contributed by atoms with Gasteiger partial charge < -0.3 is 23.6 Å². The van der Waals surface area contributed by atoms with Crippen molar-refractivity contribution in [2.75, 3.05) is 6.61 Å². The minimum atomic E-state index is -0.932. The monoisotopic (exact) mass is 583 g/mol. The van der Waals surface area contributed by atoms with E-state index in [0.717, 1.165) is 77.8 Å². The second-order valence-corrected chi connectivity index (χ2v) is 11.4. The second-order valence-electron chi connectivity index (χ2n) is 11.0. The van der Waals surface area contributed by atoms with Crippen molar-refractivity contribution in [1.82, 2.24) is 14.5 Å². The molecule has 0 bridgehead atoms. The Balaban J connectivity index is 1.05. The number of hydrogen-bond acceptors (Lipinski definition) is 6. The molecule has 0 saturated carbocycles. The van der Waals surface area contributed by atoms with Crippen LogP contribution < -0.4 is 4.74 Å². The number of carbonyl (C=O) groups is 1. The third-order valence-corrected chi connectivity index (χ3v) is 8.65. The van der Waals surface area contributed by atoms with Gasteiger partial charge in [-0.1, -0.05) is 29.8 Å². The summed E-state index contributed by atoms with van der Waals surface area (Å²) in [6.07, 6.45) is 8.77. The Hall–Kier alpha value is -4.14. The zero-order valence-electron chi connectivity index (χ0n) is 23.0. The molecule has 0 radical (unpaired) electrons. The van der Waals surface area contributed by atoms with Crippen molar-refractivity contribution in [3.8, 4) is 5.88 Å². The van der Waals surface area contributed by atoms with E-state index in [1.807, 2.05) is 42.5 Å². The average Bonchev–Trinajstić information content (AvgIpc) is 3.61. The molecule has 1 saturated heterocycles. The molecule has 2 aromatic carbocycles. The lowest BCUT2D eigenvalue weighted by Crippen LogP contribution is -2.32. The van der Waals surface area contributed by atoms with Crippen LogP contribution in [-0.4, -0.2) is 38.3 Å². The first-order chi connectivity index (χ1) is 20.5. The topological polar surface area (TPSA) is 99.6 Å². The SMILES string of the molecule is O=C(O)c1ccc2nc(CC3CC=C(c4cccc(OCc5ccc(Cl)c6ccoc56)n4)CC3)n(C[C@@H]3CCO3)c2c1. The van der Waals surface area contributed by atoms with Crippen molar-refractivity contribution in [2.45, 2.75) is 51.4 Å². The summed E-state index contributed by atoms with van der Waals surface area (Å²) >= 11 is 6.27. The van der Waals surface area contributed by atoms with Crippen LogP contribution in [0.25, 0.3) is 27.6 Å². The molecule has 1 aliphatic heterocycles. The number of benzene rings is 2. The van der Waals surface area contributed by atoms with E-state index in [9.17, 15) is 9.90 Å². The number of nitrogens with zero attached hydrogens (tertiary/aromatic N) is 3. The molecule has 1 unspecified atom stereocenters. The van der Waals surface area contributed by atoms with Gasteiger partial charge in [0, 0.05) is 30.0 Å². The van der Waals surface area contributed by atoms with Crippen molar-refractivity contribution in [2.24, 2.45) is 5.92 Å². The normalized spacial score (nSPS) is 18.6. The lowest BCUT2D eigenvalue weighted by atomic mass is 9.86. The maximum absolute atomic E-state index is 11.6. The van der Waals surface area contributed by atoms with Gasteiger partial charge in [0.2, 0.25) is 5.88 Å². The molecule has 0 amide bonds. The first kappa shape index (κ1) is 26.7. The van der Waals surface area contributed by atoms with Crippen molar-refractivity contribution in [1.29, 1.82) is 0 Å². The number of halogens is 1. The molecular formula is C33H30ClN3O5. The number of rotatable bonds is 9. The summed E-state index contributed by atoms with van der Waals surface area (Å²) < 4.78 is 19.6. The molecule has 5 aromatic rings. The number of aromatic nitrogens is 3. The molecule has 1 fully saturated rings. The number of fused-ring (bicyclic) bond motifs is 2. The summed E-state index contributed by atoms with van der Waals surface area (Å²) in [5.41, 5.74) is 5.76. The zero-order valence-corrected chi connectivity index (χ0v) is 23.7. The summed E-state index contributed by atoms with van der Waals surface area (Å²) in [5.74, 6) is 1.06. The van der Waals surface area contributed by atoms with Crippen molar-refractivity contribution in [3.63, 3.8) is 0 Å². The highest BCUT2D eigenvalue weighted by atomic mass is 35.5. The summed E-state index contributed by atoms with van der Waals surface area (Å²) in [4.78, 5) is 21.3. The molecule has 1 N–H and O–H groups in total. The Labute approximate surface area is 247 Å². The maximum atomic E-state index is 11.6. The standard InChI is InChI=1S/C33H30ClN3O5/c34-26-10-8-23(32-25(26)13-15-41-32)19-42-31-3-1-2-27(36-31)21-6-4-20(5-7-21)16-30-35-28-11-9-22(33(38)39)17-29(28)37(30)18-24-12-14-40-24/h1-3,6,8-11,13,15,17,20,24H,4-5,7,12,14,16,18-19H2,(H,38,39)/t20?,24-/m0/s1. The molecule has 214 valence electrons. The Morgan fingerprint density at radius 3 is 2.81 bits per heavy atom. The minimum Gasteiger partial charge on any atom is -0.478 e. The summed E-state index contributed by atoms with van der Waals surface area (Å²) in [7, 11) is 0. The van der Waals surface area contributed by atoms with E-state index >= 15 is 0 Å².